The Morgan fingerprint density at radius 3 is 1.78 bits per heavy atom. The molecule has 0 fully saturated rings. The van der Waals surface area contributed by atoms with E-state index in [1.807, 2.05) is 0 Å². The Balaban J connectivity index is 4.35. The summed E-state index contributed by atoms with van der Waals surface area (Å²) in [6.45, 7) is 4.79. The summed E-state index contributed by atoms with van der Waals surface area (Å²) in [5.74, 6) is -1.36. The molecule has 0 aromatic heterocycles. The number of amides is 1. The van der Waals surface area contributed by atoms with Gasteiger partial charge in [-0.25, -0.2) is 4.79 Å². The van der Waals surface area contributed by atoms with E-state index in [1.165, 1.54) is 38.5 Å². The minimum atomic E-state index is -1.02. The third-order valence-electron chi connectivity index (χ3n) is 8.55. The third kappa shape index (κ3) is 33.6. The first-order valence-electron chi connectivity index (χ1n) is 20.1. The maximum Gasteiger partial charge on any atom is 0.326 e. The van der Waals surface area contributed by atoms with Crippen LogP contribution in [0.15, 0.2) is 60.8 Å². The van der Waals surface area contributed by atoms with Crippen LogP contribution in [0.4, 0.5) is 0 Å². The van der Waals surface area contributed by atoms with Gasteiger partial charge in [-0.15, -0.1) is 0 Å². The monoisotopic (exact) mass is 699 g/mol. The van der Waals surface area contributed by atoms with Gasteiger partial charge in [0.2, 0.25) is 5.91 Å². The van der Waals surface area contributed by atoms with Crippen molar-refractivity contribution < 1.29 is 24.2 Å². The molecule has 7 nitrogen and oxygen atoms in total. The van der Waals surface area contributed by atoms with Crippen LogP contribution in [0.5, 0.6) is 0 Å². The highest BCUT2D eigenvalue weighted by molar-refractivity contribution is 5.83. The number of esters is 1. The van der Waals surface area contributed by atoms with Crippen LogP contribution in [0, 0.1) is 0 Å². The summed E-state index contributed by atoms with van der Waals surface area (Å²) >= 11 is 0. The van der Waals surface area contributed by atoms with Gasteiger partial charge in [-0.2, -0.15) is 0 Å². The van der Waals surface area contributed by atoms with Crippen molar-refractivity contribution in [3.8, 4) is 0 Å². The molecule has 0 aliphatic heterocycles. The number of hydrogen-bond donors (Lipinski definition) is 3. The molecule has 2 atom stereocenters. The normalized spacial score (nSPS) is 13.3. The number of carboxylic acid groups (broad SMARTS) is 1. The van der Waals surface area contributed by atoms with Crippen LogP contribution < -0.4 is 11.1 Å². The number of allylic oxidation sites excluding steroid dienone is 9. The number of rotatable bonds is 35. The van der Waals surface area contributed by atoms with Gasteiger partial charge in [0.1, 0.15) is 12.1 Å². The van der Waals surface area contributed by atoms with Gasteiger partial charge in [-0.3, -0.25) is 9.59 Å². The number of hydrogen-bond acceptors (Lipinski definition) is 5. The smallest absolute Gasteiger partial charge is 0.326 e. The molecule has 4 N–H and O–H groups in total. The van der Waals surface area contributed by atoms with E-state index in [1.54, 1.807) is 0 Å². The first-order valence-corrected chi connectivity index (χ1v) is 20.1. The van der Waals surface area contributed by atoms with Crippen molar-refractivity contribution >= 4 is 17.8 Å². The molecule has 50 heavy (non-hydrogen) atoms. The number of nitrogens with one attached hydrogen (secondary N) is 1. The summed E-state index contributed by atoms with van der Waals surface area (Å²) in [6.07, 6.45) is 45.6. The molecule has 0 saturated carbocycles. The van der Waals surface area contributed by atoms with E-state index < -0.39 is 12.0 Å². The van der Waals surface area contributed by atoms with E-state index in [0.29, 0.717) is 38.6 Å². The zero-order valence-electron chi connectivity index (χ0n) is 32.0. The van der Waals surface area contributed by atoms with Crippen molar-refractivity contribution in [1.29, 1.82) is 0 Å². The molecule has 0 bridgehead atoms. The minimum Gasteiger partial charge on any atom is -0.480 e. The van der Waals surface area contributed by atoms with Gasteiger partial charge < -0.3 is 20.9 Å². The molecule has 286 valence electrons. The summed E-state index contributed by atoms with van der Waals surface area (Å²) in [5, 5.41) is 11.9. The van der Waals surface area contributed by atoms with Gasteiger partial charge in [-0.1, -0.05) is 126 Å². The first kappa shape index (κ1) is 47.1. The zero-order valence-corrected chi connectivity index (χ0v) is 32.0. The Kier molecular flexibility index (Phi) is 35.1. The SMILES string of the molecule is CC/C=C\C/C=C\C/C=C\C/C=C\CCCCCCC(=O)OC(/C=C\CCCCCCCC)CCCCCCC(=O)NC(CCCN)C(=O)O. The fraction of sp³-hybridized carbons (Fsp3) is 0.698. The summed E-state index contributed by atoms with van der Waals surface area (Å²) in [6, 6.07) is -0.874. The molecule has 0 spiro atoms. The Morgan fingerprint density at radius 2 is 1.16 bits per heavy atom. The zero-order chi connectivity index (χ0) is 36.8. The average Bonchev–Trinajstić information content (AvgIpc) is 3.10. The van der Waals surface area contributed by atoms with E-state index in [9.17, 15) is 19.5 Å². The molecule has 1 amide bonds. The second kappa shape index (κ2) is 37.3. The van der Waals surface area contributed by atoms with Gasteiger partial charge >= 0.3 is 11.9 Å². The highest BCUT2D eigenvalue weighted by atomic mass is 16.5. The largest absolute Gasteiger partial charge is 0.480 e. The third-order valence-corrected chi connectivity index (χ3v) is 8.55. The molecular weight excluding hydrogens is 624 g/mol. The lowest BCUT2D eigenvalue weighted by atomic mass is 10.1. The standard InChI is InChI=1S/C43H74N2O5/c1-3-5-7-9-11-13-14-15-16-17-18-19-20-21-23-25-31-37-42(47)50-39(33-28-24-22-12-10-8-6-4-2)34-29-26-27-30-36-41(46)45-40(43(48)49)35-32-38-44/h5,7,11,13,15-16,18-19,28,33,39-40H,3-4,6,8-10,12,14,17,20-27,29-32,34-38,44H2,1-2H3,(H,45,46)(H,48,49)/b7-5-,13-11-,16-15-,19-18-,33-28-. The van der Waals surface area contributed by atoms with Gasteiger partial charge in [-0.05, 0) is 103 Å². The lowest BCUT2D eigenvalue weighted by Gasteiger charge is -2.15. The van der Waals surface area contributed by atoms with Crippen molar-refractivity contribution in [2.45, 2.75) is 187 Å². The fourth-order valence-electron chi connectivity index (χ4n) is 5.53. The lowest BCUT2D eigenvalue weighted by molar-refractivity contribution is -0.147. The van der Waals surface area contributed by atoms with E-state index in [0.717, 1.165) is 89.9 Å². The Labute approximate surface area is 306 Å². The number of ether oxygens (including phenoxy) is 1. The topological polar surface area (TPSA) is 119 Å². The molecule has 0 heterocycles. The van der Waals surface area contributed by atoms with Crippen LogP contribution in [0.2, 0.25) is 0 Å². The molecule has 0 rings (SSSR count). The molecule has 0 aromatic carbocycles. The summed E-state index contributed by atoms with van der Waals surface area (Å²) in [5.41, 5.74) is 5.47. The first-order chi connectivity index (χ1) is 24.4. The van der Waals surface area contributed by atoms with E-state index in [-0.39, 0.29) is 18.0 Å². The maximum absolute atomic E-state index is 12.7. The molecule has 0 aliphatic carbocycles. The number of carbonyl (C=O) groups excluding carboxylic acids is 2. The molecule has 0 radical (unpaired) electrons. The lowest BCUT2D eigenvalue weighted by Crippen LogP contribution is -2.40. The van der Waals surface area contributed by atoms with Crippen LogP contribution in [-0.4, -0.2) is 41.6 Å². The predicted octanol–water partition coefficient (Wildman–Crippen LogP) is 11.0. The molecule has 7 heteroatoms. The molecule has 0 saturated heterocycles. The quantitative estimate of drug-likeness (QED) is 0.0344. The number of carboxylic acids is 1. The Hall–Kier alpha value is -2.93. The number of carbonyl (C=O) groups is 3. The van der Waals surface area contributed by atoms with Gasteiger partial charge in [0, 0.05) is 12.8 Å². The van der Waals surface area contributed by atoms with Crippen molar-refractivity contribution in [1.82, 2.24) is 5.32 Å². The van der Waals surface area contributed by atoms with Gasteiger partial charge in [0.25, 0.3) is 0 Å². The molecule has 2 unspecified atom stereocenters. The predicted molar refractivity (Wildman–Crippen MR) is 211 cm³/mol. The second-order valence-corrected chi connectivity index (χ2v) is 13.3. The summed E-state index contributed by atoms with van der Waals surface area (Å²) in [4.78, 5) is 36.2. The van der Waals surface area contributed by atoms with Crippen molar-refractivity contribution in [2.24, 2.45) is 5.73 Å². The number of unbranched alkanes of at least 4 members (excludes halogenated alkanes) is 13. The number of aliphatic carboxylic acids is 1. The molecule has 0 aliphatic rings. The molecular formula is C43H74N2O5. The second-order valence-electron chi connectivity index (χ2n) is 13.3. The van der Waals surface area contributed by atoms with Crippen LogP contribution >= 0.6 is 0 Å². The van der Waals surface area contributed by atoms with Crippen LogP contribution in [0.3, 0.4) is 0 Å². The van der Waals surface area contributed by atoms with E-state index in [4.69, 9.17) is 10.5 Å². The highest BCUT2D eigenvalue weighted by Crippen LogP contribution is 2.15. The van der Waals surface area contributed by atoms with Crippen molar-refractivity contribution in [2.75, 3.05) is 6.54 Å². The van der Waals surface area contributed by atoms with Gasteiger partial charge in [0.15, 0.2) is 0 Å². The Bertz CT molecular complexity index is 968. The van der Waals surface area contributed by atoms with E-state index in [2.05, 4.69) is 79.9 Å². The Morgan fingerprint density at radius 1 is 0.620 bits per heavy atom. The van der Waals surface area contributed by atoms with Crippen LogP contribution in [0.25, 0.3) is 0 Å². The highest BCUT2D eigenvalue weighted by Gasteiger charge is 2.19. The van der Waals surface area contributed by atoms with Crippen molar-refractivity contribution in [3.63, 3.8) is 0 Å². The van der Waals surface area contributed by atoms with E-state index >= 15 is 0 Å². The summed E-state index contributed by atoms with van der Waals surface area (Å²) in [7, 11) is 0. The minimum absolute atomic E-state index is 0.113. The maximum atomic E-state index is 12.7. The van der Waals surface area contributed by atoms with Crippen LogP contribution in [0.1, 0.15) is 174 Å². The van der Waals surface area contributed by atoms with Crippen LogP contribution in [-0.2, 0) is 19.1 Å². The number of nitrogens with two attached hydrogens (primary N) is 1. The molecule has 0 aromatic rings. The fourth-order valence-corrected chi connectivity index (χ4v) is 5.53. The van der Waals surface area contributed by atoms with Crippen molar-refractivity contribution in [3.05, 3.63) is 60.8 Å². The van der Waals surface area contributed by atoms with Gasteiger partial charge in [0.05, 0.1) is 0 Å². The average molecular weight is 699 g/mol. The summed E-state index contributed by atoms with van der Waals surface area (Å²) < 4.78 is 5.90.